The number of benzene rings is 3. The number of carbonyl (C=O) groups excluding carboxylic acids is 1. The lowest BCUT2D eigenvalue weighted by molar-refractivity contribution is -0.114. The van der Waals surface area contributed by atoms with Crippen molar-refractivity contribution in [3.05, 3.63) is 72.8 Å². The summed E-state index contributed by atoms with van der Waals surface area (Å²) < 4.78 is 44.0. The van der Waals surface area contributed by atoms with Gasteiger partial charge in [-0.3, -0.25) is 9.10 Å². The lowest BCUT2D eigenvalue weighted by atomic mass is 10.3. The van der Waals surface area contributed by atoms with Crippen LogP contribution in [0.1, 0.15) is 6.92 Å². The van der Waals surface area contributed by atoms with Crippen molar-refractivity contribution in [1.29, 1.82) is 0 Å². The Kier molecular flexibility index (Phi) is 7.78. The highest BCUT2D eigenvalue weighted by atomic mass is 32.2. The van der Waals surface area contributed by atoms with E-state index in [2.05, 4.69) is 5.32 Å². The number of amides is 1. The fraction of sp³-hybridized carbons (Fsp3) is 0.208. The monoisotopic (exact) mass is 470 g/mol. The third-order valence-electron chi connectivity index (χ3n) is 4.74. The number of rotatable bonds is 10. The fourth-order valence-electron chi connectivity index (χ4n) is 3.14. The largest absolute Gasteiger partial charge is 0.497 e. The second kappa shape index (κ2) is 10.7. The summed E-state index contributed by atoms with van der Waals surface area (Å²) in [5, 5.41) is 2.73. The van der Waals surface area contributed by atoms with Gasteiger partial charge in [0.2, 0.25) is 5.91 Å². The van der Waals surface area contributed by atoms with Gasteiger partial charge in [-0.15, -0.1) is 0 Å². The Bertz CT molecular complexity index is 1180. The summed E-state index contributed by atoms with van der Waals surface area (Å²) in [6.07, 6.45) is 0. The minimum Gasteiger partial charge on any atom is -0.497 e. The molecule has 0 saturated carbocycles. The number of nitrogens with zero attached hydrogens (tertiary/aromatic N) is 1. The van der Waals surface area contributed by atoms with Crippen molar-refractivity contribution in [2.45, 2.75) is 11.8 Å². The molecule has 1 N–H and O–H groups in total. The number of sulfonamides is 1. The number of ether oxygens (including phenoxy) is 3. The van der Waals surface area contributed by atoms with E-state index in [4.69, 9.17) is 14.2 Å². The van der Waals surface area contributed by atoms with Gasteiger partial charge in [-0.2, -0.15) is 0 Å². The Labute approximate surface area is 193 Å². The Morgan fingerprint density at radius 2 is 1.52 bits per heavy atom. The standard InChI is InChI=1S/C24H26N2O6S/c1-4-32-20-11-9-18(10-12-20)25-24(27)17-26(22-7-5-6-8-23(22)31-3)33(28,29)21-15-13-19(30-2)14-16-21/h5-16H,4,17H2,1-3H3,(H,25,27). The molecule has 0 saturated heterocycles. The molecule has 3 aromatic carbocycles. The van der Waals surface area contributed by atoms with Crippen molar-refractivity contribution >= 4 is 27.3 Å². The van der Waals surface area contributed by atoms with E-state index in [1.54, 1.807) is 60.7 Å². The van der Waals surface area contributed by atoms with Crippen LogP contribution in [0.2, 0.25) is 0 Å². The van der Waals surface area contributed by atoms with Gasteiger partial charge >= 0.3 is 0 Å². The highest BCUT2D eigenvalue weighted by Gasteiger charge is 2.29. The second-order valence-corrected chi connectivity index (χ2v) is 8.73. The van der Waals surface area contributed by atoms with Gasteiger partial charge in [0.05, 0.1) is 31.4 Å². The number of para-hydroxylation sites is 2. The van der Waals surface area contributed by atoms with E-state index in [0.717, 1.165) is 4.31 Å². The smallest absolute Gasteiger partial charge is 0.264 e. The Hall–Kier alpha value is -3.72. The maximum absolute atomic E-state index is 13.5. The normalized spacial score (nSPS) is 10.9. The maximum atomic E-state index is 13.5. The summed E-state index contributed by atoms with van der Waals surface area (Å²) in [4.78, 5) is 12.9. The molecule has 0 aliphatic rings. The minimum absolute atomic E-state index is 0.0167. The van der Waals surface area contributed by atoms with Crippen LogP contribution in [0.25, 0.3) is 0 Å². The van der Waals surface area contributed by atoms with E-state index in [0.29, 0.717) is 29.5 Å². The van der Waals surface area contributed by atoms with E-state index < -0.39 is 22.5 Å². The number of methoxy groups -OCH3 is 2. The molecule has 0 heterocycles. The highest BCUT2D eigenvalue weighted by molar-refractivity contribution is 7.92. The first-order valence-electron chi connectivity index (χ1n) is 10.2. The van der Waals surface area contributed by atoms with Crippen LogP contribution in [0.5, 0.6) is 17.2 Å². The van der Waals surface area contributed by atoms with E-state index in [-0.39, 0.29) is 10.6 Å². The van der Waals surface area contributed by atoms with Crippen LogP contribution in [0, 0.1) is 0 Å². The number of anilines is 2. The SMILES string of the molecule is CCOc1ccc(NC(=O)CN(c2ccccc2OC)S(=O)(=O)c2ccc(OC)cc2)cc1. The van der Waals surface area contributed by atoms with E-state index in [1.807, 2.05) is 6.92 Å². The van der Waals surface area contributed by atoms with E-state index in [9.17, 15) is 13.2 Å². The van der Waals surface area contributed by atoms with Crippen LogP contribution < -0.4 is 23.8 Å². The maximum Gasteiger partial charge on any atom is 0.264 e. The molecule has 174 valence electrons. The van der Waals surface area contributed by atoms with Crippen molar-refractivity contribution in [3.63, 3.8) is 0 Å². The summed E-state index contributed by atoms with van der Waals surface area (Å²) in [6.45, 7) is 1.95. The van der Waals surface area contributed by atoms with E-state index >= 15 is 0 Å². The summed E-state index contributed by atoms with van der Waals surface area (Å²) in [5.74, 6) is 1.00. The highest BCUT2D eigenvalue weighted by Crippen LogP contribution is 2.32. The number of hydrogen-bond acceptors (Lipinski definition) is 6. The molecule has 0 unspecified atom stereocenters. The molecule has 0 aromatic heterocycles. The van der Waals surface area contributed by atoms with Crippen LogP contribution in [0.15, 0.2) is 77.7 Å². The van der Waals surface area contributed by atoms with Gasteiger partial charge in [0.1, 0.15) is 23.8 Å². The number of carbonyl (C=O) groups is 1. The third-order valence-corrected chi connectivity index (χ3v) is 6.51. The molecule has 3 aromatic rings. The topological polar surface area (TPSA) is 94.2 Å². The summed E-state index contributed by atoms with van der Waals surface area (Å²) in [7, 11) is -1.16. The molecular weight excluding hydrogens is 444 g/mol. The quantitative estimate of drug-likeness (QED) is 0.482. The number of nitrogens with one attached hydrogen (secondary N) is 1. The van der Waals surface area contributed by atoms with Crippen molar-refractivity contribution < 1.29 is 27.4 Å². The Morgan fingerprint density at radius 1 is 0.879 bits per heavy atom. The zero-order valence-corrected chi connectivity index (χ0v) is 19.5. The van der Waals surface area contributed by atoms with Gasteiger partial charge in [0.15, 0.2) is 0 Å². The molecule has 0 aliphatic heterocycles. The summed E-state index contributed by atoms with van der Waals surface area (Å²) >= 11 is 0. The van der Waals surface area contributed by atoms with Gasteiger partial charge in [0.25, 0.3) is 10.0 Å². The van der Waals surface area contributed by atoms with Crippen LogP contribution in [0.3, 0.4) is 0 Å². The molecule has 8 nitrogen and oxygen atoms in total. The summed E-state index contributed by atoms with van der Waals surface area (Å²) in [6, 6.07) is 19.4. The Balaban J connectivity index is 1.92. The molecule has 9 heteroatoms. The van der Waals surface area contributed by atoms with Crippen molar-refractivity contribution in [2.75, 3.05) is 37.0 Å². The van der Waals surface area contributed by atoms with Crippen molar-refractivity contribution in [2.24, 2.45) is 0 Å². The molecule has 0 bridgehead atoms. The molecular formula is C24H26N2O6S. The van der Waals surface area contributed by atoms with Crippen LogP contribution >= 0.6 is 0 Å². The molecule has 0 radical (unpaired) electrons. The molecule has 33 heavy (non-hydrogen) atoms. The zero-order chi connectivity index (χ0) is 23.8. The van der Waals surface area contributed by atoms with Crippen LogP contribution in [-0.4, -0.2) is 41.7 Å². The van der Waals surface area contributed by atoms with Crippen LogP contribution in [0.4, 0.5) is 11.4 Å². The lowest BCUT2D eigenvalue weighted by Gasteiger charge is -2.25. The van der Waals surface area contributed by atoms with Gasteiger partial charge in [-0.25, -0.2) is 8.42 Å². The molecule has 0 aliphatic carbocycles. The predicted octanol–water partition coefficient (Wildman–Crippen LogP) is 3.94. The minimum atomic E-state index is -4.10. The van der Waals surface area contributed by atoms with Crippen molar-refractivity contribution in [1.82, 2.24) is 0 Å². The fourth-order valence-corrected chi connectivity index (χ4v) is 4.57. The van der Waals surface area contributed by atoms with Gasteiger partial charge < -0.3 is 19.5 Å². The predicted molar refractivity (Wildman–Crippen MR) is 127 cm³/mol. The van der Waals surface area contributed by atoms with E-state index in [1.165, 1.54) is 26.4 Å². The van der Waals surface area contributed by atoms with Crippen molar-refractivity contribution in [3.8, 4) is 17.2 Å². The second-order valence-electron chi connectivity index (χ2n) is 6.86. The molecule has 3 rings (SSSR count). The Morgan fingerprint density at radius 3 is 2.12 bits per heavy atom. The average molecular weight is 471 g/mol. The molecule has 0 fully saturated rings. The average Bonchev–Trinajstić information content (AvgIpc) is 2.84. The lowest BCUT2D eigenvalue weighted by Crippen LogP contribution is -2.38. The first-order valence-corrected chi connectivity index (χ1v) is 11.7. The molecule has 1 amide bonds. The van der Waals surface area contributed by atoms with Crippen LogP contribution in [-0.2, 0) is 14.8 Å². The first-order chi connectivity index (χ1) is 15.9. The number of hydrogen-bond donors (Lipinski definition) is 1. The molecule has 0 atom stereocenters. The van der Waals surface area contributed by atoms with Gasteiger partial charge in [0, 0.05) is 5.69 Å². The van der Waals surface area contributed by atoms with Gasteiger partial charge in [-0.05, 0) is 67.6 Å². The first kappa shape index (κ1) is 23.9. The van der Waals surface area contributed by atoms with Gasteiger partial charge in [-0.1, -0.05) is 12.1 Å². The zero-order valence-electron chi connectivity index (χ0n) is 18.6. The molecule has 0 spiro atoms. The third kappa shape index (κ3) is 5.75. The summed E-state index contributed by atoms with van der Waals surface area (Å²) in [5.41, 5.74) is 0.767.